The van der Waals surface area contributed by atoms with Crippen molar-refractivity contribution in [3.63, 3.8) is 0 Å². The summed E-state index contributed by atoms with van der Waals surface area (Å²) >= 11 is 0. The highest BCUT2D eigenvalue weighted by atomic mass is 16.6. The van der Waals surface area contributed by atoms with Crippen LogP contribution in [0.4, 0.5) is 5.69 Å². The number of nitro benzene ring substituents is 1. The van der Waals surface area contributed by atoms with E-state index in [0.29, 0.717) is 13.2 Å². The van der Waals surface area contributed by atoms with Gasteiger partial charge in [-0.05, 0) is 17.7 Å². The SMILES string of the molecule is O=C(O[C@@H](COCc1ccccc1)[C@H]1CO1)c1ccc([N+](=O)[O-])cc1. The quantitative estimate of drug-likeness (QED) is 0.317. The van der Waals surface area contributed by atoms with Gasteiger partial charge < -0.3 is 14.2 Å². The predicted molar refractivity (Wildman–Crippen MR) is 88.1 cm³/mol. The largest absolute Gasteiger partial charge is 0.453 e. The molecule has 1 heterocycles. The Morgan fingerprint density at radius 3 is 2.48 bits per heavy atom. The third-order valence-electron chi connectivity index (χ3n) is 3.74. The number of carbonyl (C=O) groups excluding carboxylic acids is 1. The molecule has 3 rings (SSSR count). The summed E-state index contributed by atoms with van der Waals surface area (Å²) in [5.41, 5.74) is 1.20. The molecule has 25 heavy (non-hydrogen) atoms. The van der Waals surface area contributed by atoms with Crippen molar-refractivity contribution >= 4 is 11.7 Å². The van der Waals surface area contributed by atoms with E-state index in [0.717, 1.165) is 5.56 Å². The van der Waals surface area contributed by atoms with Gasteiger partial charge in [-0.25, -0.2) is 4.79 Å². The molecule has 0 bridgehead atoms. The Labute approximate surface area is 144 Å². The summed E-state index contributed by atoms with van der Waals surface area (Å²) in [5.74, 6) is -0.557. The van der Waals surface area contributed by atoms with Gasteiger partial charge in [0.15, 0.2) is 6.10 Å². The number of hydrogen-bond acceptors (Lipinski definition) is 6. The molecule has 1 fully saturated rings. The molecule has 2 atom stereocenters. The topological polar surface area (TPSA) is 91.2 Å². The molecule has 0 spiro atoms. The van der Waals surface area contributed by atoms with E-state index in [4.69, 9.17) is 14.2 Å². The third-order valence-corrected chi connectivity index (χ3v) is 3.74. The number of epoxide rings is 1. The lowest BCUT2D eigenvalue weighted by atomic mass is 10.2. The maximum Gasteiger partial charge on any atom is 0.338 e. The first-order valence-corrected chi connectivity index (χ1v) is 7.82. The molecule has 0 aliphatic carbocycles. The second-order valence-corrected chi connectivity index (χ2v) is 5.62. The Bertz CT molecular complexity index is 727. The summed E-state index contributed by atoms with van der Waals surface area (Å²) in [6.45, 7) is 1.16. The molecule has 0 unspecified atom stereocenters. The van der Waals surface area contributed by atoms with Gasteiger partial charge >= 0.3 is 5.97 Å². The Morgan fingerprint density at radius 2 is 1.88 bits per heavy atom. The van der Waals surface area contributed by atoms with Gasteiger partial charge in [0, 0.05) is 12.1 Å². The molecule has 0 saturated carbocycles. The molecule has 0 aromatic heterocycles. The van der Waals surface area contributed by atoms with Crippen molar-refractivity contribution in [2.45, 2.75) is 18.8 Å². The van der Waals surface area contributed by atoms with Crippen molar-refractivity contribution in [3.05, 3.63) is 75.8 Å². The summed E-state index contributed by atoms with van der Waals surface area (Å²) in [6.07, 6.45) is -0.677. The number of non-ortho nitro benzene ring substituents is 1. The molecule has 0 N–H and O–H groups in total. The summed E-state index contributed by atoms with van der Waals surface area (Å²) < 4.78 is 16.3. The van der Waals surface area contributed by atoms with E-state index >= 15 is 0 Å². The van der Waals surface area contributed by atoms with Crippen LogP contribution in [-0.4, -0.2) is 36.3 Å². The van der Waals surface area contributed by atoms with Crippen LogP contribution in [0.15, 0.2) is 54.6 Å². The van der Waals surface area contributed by atoms with Crippen molar-refractivity contribution in [3.8, 4) is 0 Å². The van der Waals surface area contributed by atoms with Gasteiger partial charge in [0.1, 0.15) is 6.10 Å². The van der Waals surface area contributed by atoms with Crippen LogP contribution >= 0.6 is 0 Å². The molecule has 0 amide bonds. The molecule has 7 heteroatoms. The number of hydrogen-bond donors (Lipinski definition) is 0. The first-order valence-electron chi connectivity index (χ1n) is 7.82. The van der Waals surface area contributed by atoms with Crippen LogP contribution in [0.1, 0.15) is 15.9 Å². The number of nitrogens with zero attached hydrogens (tertiary/aromatic N) is 1. The highest BCUT2D eigenvalue weighted by Gasteiger charge is 2.36. The molecule has 1 saturated heterocycles. The molecule has 1 aliphatic rings. The van der Waals surface area contributed by atoms with Crippen LogP contribution in [0, 0.1) is 10.1 Å². The van der Waals surface area contributed by atoms with Gasteiger partial charge in [-0.1, -0.05) is 30.3 Å². The van der Waals surface area contributed by atoms with Crippen LogP contribution < -0.4 is 0 Å². The minimum atomic E-state index is -0.557. The van der Waals surface area contributed by atoms with E-state index in [1.54, 1.807) is 0 Å². The third kappa shape index (κ3) is 4.85. The number of rotatable bonds is 8. The maximum atomic E-state index is 12.2. The van der Waals surface area contributed by atoms with E-state index in [9.17, 15) is 14.9 Å². The van der Waals surface area contributed by atoms with Crippen LogP contribution in [0.3, 0.4) is 0 Å². The van der Waals surface area contributed by atoms with Crippen molar-refractivity contribution in [1.29, 1.82) is 0 Å². The Morgan fingerprint density at radius 1 is 1.20 bits per heavy atom. The van der Waals surface area contributed by atoms with Gasteiger partial charge in [0.05, 0.1) is 30.3 Å². The van der Waals surface area contributed by atoms with Gasteiger partial charge in [0.2, 0.25) is 0 Å². The lowest BCUT2D eigenvalue weighted by Gasteiger charge is -2.16. The predicted octanol–water partition coefficient (Wildman–Crippen LogP) is 2.74. The number of esters is 1. The molecule has 130 valence electrons. The average molecular weight is 343 g/mol. The van der Waals surface area contributed by atoms with Crippen LogP contribution in [-0.2, 0) is 20.8 Å². The smallest absolute Gasteiger partial charge is 0.338 e. The molecular formula is C18H17NO6. The molecule has 2 aromatic carbocycles. The van der Waals surface area contributed by atoms with Crippen LogP contribution in [0.5, 0.6) is 0 Å². The highest BCUT2D eigenvalue weighted by molar-refractivity contribution is 5.89. The van der Waals surface area contributed by atoms with Crippen LogP contribution in [0.25, 0.3) is 0 Å². The molecule has 7 nitrogen and oxygen atoms in total. The van der Waals surface area contributed by atoms with Crippen LogP contribution in [0.2, 0.25) is 0 Å². The zero-order valence-corrected chi connectivity index (χ0v) is 13.4. The zero-order valence-electron chi connectivity index (χ0n) is 13.4. The summed E-state index contributed by atoms with van der Waals surface area (Å²) in [4.78, 5) is 22.3. The Kier molecular flexibility index (Phi) is 5.37. The standard InChI is InChI=1S/C18H17NO6/c20-18(14-6-8-15(9-7-14)19(21)22)25-17(16-12-24-16)11-23-10-13-4-2-1-3-5-13/h1-9,16-17H,10-12H2/t16-,17+/m1/s1. The van der Waals surface area contributed by atoms with Crippen molar-refractivity contribution < 1.29 is 23.9 Å². The van der Waals surface area contributed by atoms with Gasteiger partial charge in [-0.3, -0.25) is 10.1 Å². The van der Waals surface area contributed by atoms with Gasteiger partial charge in [0.25, 0.3) is 5.69 Å². The van der Waals surface area contributed by atoms with E-state index < -0.39 is 17.0 Å². The van der Waals surface area contributed by atoms with Crippen molar-refractivity contribution in [1.82, 2.24) is 0 Å². The van der Waals surface area contributed by atoms with E-state index in [1.165, 1.54) is 24.3 Å². The van der Waals surface area contributed by atoms with E-state index in [1.807, 2.05) is 30.3 Å². The minimum absolute atomic E-state index is 0.0789. The lowest BCUT2D eigenvalue weighted by molar-refractivity contribution is -0.384. The first kappa shape index (κ1) is 17.1. The first-order chi connectivity index (χ1) is 12.1. The maximum absolute atomic E-state index is 12.2. The Hall–Kier alpha value is -2.77. The number of carbonyl (C=O) groups is 1. The summed E-state index contributed by atoms with van der Waals surface area (Å²) in [5, 5.41) is 10.6. The average Bonchev–Trinajstić information content (AvgIpc) is 3.47. The van der Waals surface area contributed by atoms with E-state index in [-0.39, 0.29) is 24.0 Å². The normalized spacial score (nSPS) is 16.9. The lowest BCUT2D eigenvalue weighted by Crippen LogP contribution is -2.29. The van der Waals surface area contributed by atoms with Crippen molar-refractivity contribution in [2.24, 2.45) is 0 Å². The van der Waals surface area contributed by atoms with Gasteiger partial charge in [-0.2, -0.15) is 0 Å². The molecule has 0 radical (unpaired) electrons. The van der Waals surface area contributed by atoms with E-state index in [2.05, 4.69) is 0 Å². The van der Waals surface area contributed by atoms with Gasteiger partial charge in [-0.15, -0.1) is 0 Å². The fraction of sp³-hybridized carbons (Fsp3) is 0.278. The molecule has 2 aromatic rings. The Balaban J connectivity index is 1.54. The second-order valence-electron chi connectivity index (χ2n) is 5.62. The molecular weight excluding hydrogens is 326 g/mol. The summed E-state index contributed by atoms with van der Waals surface area (Å²) in [6, 6.07) is 15.0. The number of nitro groups is 1. The van der Waals surface area contributed by atoms with Crippen molar-refractivity contribution in [2.75, 3.05) is 13.2 Å². The second kappa shape index (κ2) is 7.87. The highest BCUT2D eigenvalue weighted by Crippen LogP contribution is 2.20. The fourth-order valence-corrected chi connectivity index (χ4v) is 2.28. The molecule has 1 aliphatic heterocycles. The zero-order chi connectivity index (χ0) is 17.6. The fourth-order valence-electron chi connectivity index (χ4n) is 2.28. The summed E-state index contributed by atoms with van der Waals surface area (Å²) in [7, 11) is 0. The minimum Gasteiger partial charge on any atom is -0.453 e. The monoisotopic (exact) mass is 343 g/mol. The number of benzene rings is 2. The number of ether oxygens (including phenoxy) is 3.